The van der Waals surface area contributed by atoms with Gasteiger partial charge in [-0.15, -0.1) is 0 Å². The Morgan fingerprint density at radius 3 is 2.67 bits per heavy atom. The molecule has 0 spiro atoms. The topological polar surface area (TPSA) is 96.7 Å². The number of amides is 1. The maximum atomic E-state index is 13.3. The molecule has 1 unspecified atom stereocenters. The van der Waals surface area contributed by atoms with Crippen molar-refractivity contribution in [1.82, 2.24) is 15.5 Å². The van der Waals surface area contributed by atoms with E-state index in [2.05, 4.69) is 15.5 Å². The van der Waals surface area contributed by atoms with Crippen LogP contribution in [0.5, 0.6) is 0 Å². The third-order valence-electron chi connectivity index (χ3n) is 5.96. The molecule has 0 aromatic heterocycles. The summed E-state index contributed by atoms with van der Waals surface area (Å²) in [6.07, 6.45) is 1.97. The Morgan fingerprint density at radius 2 is 1.94 bits per heavy atom. The predicted octanol–water partition coefficient (Wildman–Crippen LogP) is 3.05. The number of nitro benzene ring substituents is 1. The van der Waals surface area contributed by atoms with Crippen molar-refractivity contribution in [2.75, 3.05) is 39.4 Å². The first-order valence-corrected chi connectivity index (χ1v) is 11.1. The second-order valence-electron chi connectivity index (χ2n) is 8.15. The molecular weight excluding hydrogens is 420 g/mol. The van der Waals surface area contributed by atoms with Crippen LogP contribution in [0.2, 0.25) is 0 Å². The van der Waals surface area contributed by atoms with Gasteiger partial charge in [-0.2, -0.15) is 0 Å². The van der Waals surface area contributed by atoms with Crippen molar-refractivity contribution in [1.29, 1.82) is 0 Å². The van der Waals surface area contributed by atoms with E-state index in [0.717, 1.165) is 36.6 Å². The maximum absolute atomic E-state index is 13.3. The van der Waals surface area contributed by atoms with Crippen molar-refractivity contribution >= 4 is 17.3 Å². The van der Waals surface area contributed by atoms with Gasteiger partial charge in [0, 0.05) is 61.2 Å². The number of nitro groups is 1. The summed E-state index contributed by atoms with van der Waals surface area (Å²) in [6, 6.07) is 16.3. The minimum absolute atomic E-state index is 0.00502. The number of dihydropyridines is 1. The minimum atomic E-state index is -0.412. The summed E-state index contributed by atoms with van der Waals surface area (Å²) >= 11 is 0. The summed E-state index contributed by atoms with van der Waals surface area (Å²) in [7, 11) is 0. The Balaban J connectivity index is 1.60. The van der Waals surface area contributed by atoms with Crippen molar-refractivity contribution in [3.05, 3.63) is 93.2 Å². The molecule has 0 radical (unpaired) electrons. The van der Waals surface area contributed by atoms with Gasteiger partial charge in [0.1, 0.15) is 0 Å². The van der Waals surface area contributed by atoms with Gasteiger partial charge >= 0.3 is 0 Å². The molecule has 1 amide bonds. The Hall–Kier alpha value is -3.49. The number of allylic oxidation sites excluding steroid dienone is 2. The number of carbonyl (C=O) groups excluding carboxylic acids is 1. The molecule has 1 atom stereocenters. The highest BCUT2D eigenvalue weighted by molar-refractivity contribution is 5.97. The van der Waals surface area contributed by atoms with Crippen LogP contribution in [0.15, 0.2) is 71.9 Å². The van der Waals surface area contributed by atoms with E-state index in [1.165, 1.54) is 6.07 Å². The van der Waals surface area contributed by atoms with Gasteiger partial charge in [0.25, 0.3) is 5.69 Å². The fraction of sp³-hybridized carbons (Fsp3) is 0.320. The highest BCUT2D eigenvalue weighted by Crippen LogP contribution is 2.35. The van der Waals surface area contributed by atoms with Gasteiger partial charge in [-0.25, -0.2) is 0 Å². The molecule has 0 bridgehead atoms. The zero-order valence-electron chi connectivity index (χ0n) is 18.6. The standard InChI is InChI=1S/C25H28N4O4/c1-18-24(25(30)26-10-11-28-12-14-33-15-13-28)22(20-8-5-9-21(16-20)29(31)32)17-23(27-18)19-6-3-2-4-7-19/h2-9,16-17,22,27H,10-15H2,1H3,(H,26,30). The van der Waals surface area contributed by atoms with Crippen LogP contribution in [0.4, 0.5) is 5.69 Å². The van der Waals surface area contributed by atoms with E-state index in [1.54, 1.807) is 12.1 Å². The van der Waals surface area contributed by atoms with Gasteiger partial charge < -0.3 is 15.4 Å². The largest absolute Gasteiger partial charge is 0.379 e. The molecule has 2 N–H and O–H groups in total. The van der Waals surface area contributed by atoms with E-state index in [0.29, 0.717) is 30.9 Å². The van der Waals surface area contributed by atoms with Crippen LogP contribution >= 0.6 is 0 Å². The molecule has 0 aliphatic carbocycles. The minimum Gasteiger partial charge on any atom is -0.379 e. The lowest BCUT2D eigenvalue weighted by molar-refractivity contribution is -0.384. The molecule has 2 aromatic carbocycles. The zero-order valence-corrected chi connectivity index (χ0v) is 18.6. The van der Waals surface area contributed by atoms with Crippen LogP contribution in [0.3, 0.4) is 0 Å². The van der Waals surface area contributed by atoms with Gasteiger partial charge in [-0.1, -0.05) is 42.5 Å². The summed E-state index contributed by atoms with van der Waals surface area (Å²) in [5.74, 6) is -0.585. The Morgan fingerprint density at radius 1 is 1.18 bits per heavy atom. The first-order chi connectivity index (χ1) is 16.0. The Bertz CT molecular complexity index is 1070. The summed E-state index contributed by atoms with van der Waals surface area (Å²) in [6.45, 7) is 6.29. The molecule has 8 heteroatoms. The van der Waals surface area contributed by atoms with Crippen LogP contribution in [0.1, 0.15) is 24.0 Å². The summed E-state index contributed by atoms with van der Waals surface area (Å²) in [4.78, 5) is 26.5. The first-order valence-electron chi connectivity index (χ1n) is 11.1. The lowest BCUT2D eigenvalue weighted by atomic mass is 9.85. The fourth-order valence-corrected chi connectivity index (χ4v) is 4.23. The number of carbonyl (C=O) groups is 1. The molecule has 2 aliphatic heterocycles. The monoisotopic (exact) mass is 448 g/mol. The number of non-ortho nitro benzene ring substituents is 1. The molecule has 33 heavy (non-hydrogen) atoms. The Kier molecular flexibility index (Phi) is 7.16. The van der Waals surface area contributed by atoms with E-state index < -0.39 is 10.8 Å². The van der Waals surface area contributed by atoms with Gasteiger partial charge in [-0.05, 0) is 24.1 Å². The van der Waals surface area contributed by atoms with Crippen molar-refractivity contribution in [3.8, 4) is 0 Å². The van der Waals surface area contributed by atoms with E-state index in [9.17, 15) is 14.9 Å². The van der Waals surface area contributed by atoms with Gasteiger partial charge in [0.2, 0.25) is 5.91 Å². The van der Waals surface area contributed by atoms with E-state index in [4.69, 9.17) is 4.74 Å². The highest BCUT2D eigenvalue weighted by atomic mass is 16.6. The zero-order chi connectivity index (χ0) is 23.2. The summed E-state index contributed by atoms with van der Waals surface area (Å²) < 4.78 is 5.37. The number of hydrogen-bond donors (Lipinski definition) is 2. The van der Waals surface area contributed by atoms with Crippen molar-refractivity contribution < 1.29 is 14.5 Å². The smallest absolute Gasteiger partial charge is 0.269 e. The molecule has 4 rings (SSSR count). The molecular formula is C25H28N4O4. The normalized spacial score (nSPS) is 18.9. The average Bonchev–Trinajstić information content (AvgIpc) is 2.84. The van der Waals surface area contributed by atoms with Crippen molar-refractivity contribution in [2.24, 2.45) is 0 Å². The third kappa shape index (κ3) is 5.47. The molecule has 2 aliphatic rings. The number of rotatable bonds is 7. The fourth-order valence-electron chi connectivity index (χ4n) is 4.23. The molecule has 1 fully saturated rings. The molecule has 1 saturated heterocycles. The predicted molar refractivity (Wildman–Crippen MR) is 126 cm³/mol. The summed E-state index contributed by atoms with van der Waals surface area (Å²) in [5, 5.41) is 17.8. The first kappa shape index (κ1) is 22.7. The number of nitrogens with one attached hydrogen (secondary N) is 2. The van der Waals surface area contributed by atoms with Gasteiger partial charge in [0.15, 0.2) is 0 Å². The molecule has 0 saturated carbocycles. The van der Waals surface area contributed by atoms with Crippen molar-refractivity contribution in [2.45, 2.75) is 12.8 Å². The molecule has 8 nitrogen and oxygen atoms in total. The average molecular weight is 449 g/mol. The Labute approximate surface area is 193 Å². The van der Waals surface area contributed by atoms with E-state index in [-0.39, 0.29) is 11.6 Å². The second-order valence-corrected chi connectivity index (χ2v) is 8.15. The van der Waals surface area contributed by atoms with Crippen molar-refractivity contribution in [3.63, 3.8) is 0 Å². The third-order valence-corrected chi connectivity index (χ3v) is 5.96. The van der Waals surface area contributed by atoms with Gasteiger partial charge in [0.05, 0.1) is 18.1 Å². The number of morpholine rings is 1. The maximum Gasteiger partial charge on any atom is 0.269 e. The molecule has 172 valence electrons. The number of benzene rings is 2. The summed E-state index contributed by atoms with van der Waals surface area (Å²) in [5.41, 5.74) is 3.87. The quantitative estimate of drug-likeness (QED) is 0.499. The lowest BCUT2D eigenvalue weighted by Gasteiger charge is -2.29. The number of nitrogens with zero attached hydrogens (tertiary/aromatic N) is 2. The van der Waals surface area contributed by atoms with Crippen LogP contribution in [-0.4, -0.2) is 55.1 Å². The van der Waals surface area contributed by atoms with E-state index >= 15 is 0 Å². The molecule has 2 heterocycles. The lowest BCUT2D eigenvalue weighted by Crippen LogP contribution is -2.42. The van der Waals surface area contributed by atoms with Gasteiger partial charge in [-0.3, -0.25) is 19.8 Å². The van der Waals surface area contributed by atoms with Crippen LogP contribution in [-0.2, 0) is 9.53 Å². The van der Waals surface area contributed by atoms with Crippen LogP contribution in [0, 0.1) is 10.1 Å². The number of ether oxygens (including phenoxy) is 1. The SMILES string of the molecule is CC1=C(C(=O)NCCN2CCOCC2)C(c2cccc([N+](=O)[O-])c2)C=C(c2ccccc2)N1. The van der Waals surface area contributed by atoms with Crippen LogP contribution < -0.4 is 10.6 Å². The van der Waals surface area contributed by atoms with Crippen LogP contribution in [0.25, 0.3) is 5.70 Å². The number of hydrogen-bond acceptors (Lipinski definition) is 6. The van der Waals surface area contributed by atoms with E-state index in [1.807, 2.05) is 49.4 Å². The highest BCUT2D eigenvalue weighted by Gasteiger charge is 2.29. The second kappa shape index (κ2) is 10.4. The molecule has 2 aromatic rings.